The van der Waals surface area contributed by atoms with Crippen LogP contribution in [0.4, 0.5) is 0 Å². The lowest BCUT2D eigenvalue weighted by Gasteiger charge is -2.11. The van der Waals surface area contributed by atoms with Gasteiger partial charge in [-0.25, -0.2) is 4.98 Å². The summed E-state index contributed by atoms with van der Waals surface area (Å²) in [5.41, 5.74) is 3.81. The van der Waals surface area contributed by atoms with Gasteiger partial charge in [0.2, 0.25) is 5.91 Å². The fourth-order valence-electron chi connectivity index (χ4n) is 3.91. The third-order valence-corrected chi connectivity index (χ3v) is 6.29. The molecule has 1 aromatic heterocycles. The number of carbonyl (C=O) groups excluding carboxylic acids is 1. The van der Waals surface area contributed by atoms with Crippen molar-refractivity contribution in [1.82, 2.24) is 14.9 Å². The van der Waals surface area contributed by atoms with Crippen molar-refractivity contribution in [1.29, 1.82) is 0 Å². The SMILES string of the molecule is CNC(=O)C1(C)CC1c1ccc2c(c1)nc(C)n2Cc1cc(Cl)ccc1Cl. The lowest BCUT2D eigenvalue weighted by Crippen LogP contribution is -2.27. The fourth-order valence-corrected chi connectivity index (χ4v) is 4.28. The van der Waals surface area contributed by atoms with Crippen LogP contribution in [-0.4, -0.2) is 22.5 Å². The average molecular weight is 402 g/mol. The Kier molecular flexibility index (Phi) is 4.44. The summed E-state index contributed by atoms with van der Waals surface area (Å²) in [6.07, 6.45) is 0.871. The predicted octanol–water partition coefficient (Wildman–Crippen LogP) is 4.94. The maximum Gasteiger partial charge on any atom is 0.226 e. The molecular formula is C21H21Cl2N3O. The summed E-state index contributed by atoms with van der Waals surface area (Å²) in [7, 11) is 1.69. The Balaban J connectivity index is 1.68. The predicted molar refractivity (Wildman–Crippen MR) is 110 cm³/mol. The van der Waals surface area contributed by atoms with Crippen molar-refractivity contribution in [3.8, 4) is 0 Å². The van der Waals surface area contributed by atoms with Crippen LogP contribution < -0.4 is 5.32 Å². The summed E-state index contributed by atoms with van der Waals surface area (Å²) in [5, 5.41) is 4.13. The molecule has 2 aromatic carbocycles. The molecule has 1 aliphatic rings. The van der Waals surface area contributed by atoms with Gasteiger partial charge in [-0.05, 0) is 60.7 Å². The summed E-state index contributed by atoms with van der Waals surface area (Å²) < 4.78 is 2.14. The summed E-state index contributed by atoms with van der Waals surface area (Å²) in [5.74, 6) is 1.27. The molecule has 6 heteroatoms. The van der Waals surface area contributed by atoms with Crippen molar-refractivity contribution < 1.29 is 4.79 Å². The van der Waals surface area contributed by atoms with Crippen molar-refractivity contribution in [2.24, 2.45) is 5.41 Å². The number of carbonyl (C=O) groups is 1. The number of nitrogens with zero attached hydrogens (tertiary/aromatic N) is 2. The molecule has 0 bridgehead atoms. The number of amides is 1. The summed E-state index contributed by atoms with van der Waals surface area (Å²) >= 11 is 12.5. The van der Waals surface area contributed by atoms with Gasteiger partial charge in [-0.1, -0.05) is 36.2 Å². The van der Waals surface area contributed by atoms with E-state index in [0.29, 0.717) is 16.6 Å². The van der Waals surface area contributed by atoms with Crippen molar-refractivity contribution in [2.75, 3.05) is 7.05 Å². The van der Waals surface area contributed by atoms with Crippen LogP contribution in [-0.2, 0) is 11.3 Å². The van der Waals surface area contributed by atoms with Crippen LogP contribution in [0.2, 0.25) is 10.0 Å². The Morgan fingerprint density at radius 2 is 2.07 bits per heavy atom. The topological polar surface area (TPSA) is 46.9 Å². The first-order chi connectivity index (χ1) is 12.8. The molecule has 1 fully saturated rings. The summed E-state index contributed by atoms with van der Waals surface area (Å²) in [6, 6.07) is 11.8. The first-order valence-corrected chi connectivity index (χ1v) is 9.72. The molecule has 1 saturated carbocycles. The maximum atomic E-state index is 12.1. The van der Waals surface area contributed by atoms with Gasteiger partial charge >= 0.3 is 0 Å². The van der Waals surface area contributed by atoms with Gasteiger partial charge in [0.05, 0.1) is 23.0 Å². The highest BCUT2D eigenvalue weighted by Gasteiger charge is 2.56. The molecule has 0 saturated heterocycles. The standard InChI is InChI=1S/C21H21Cl2N3O/c1-12-25-18-9-13(16-10-21(16,2)20(27)24-3)4-7-19(18)26(12)11-14-8-15(22)5-6-17(14)23/h4-9,16H,10-11H2,1-3H3,(H,24,27). The number of aromatic nitrogens is 2. The quantitative estimate of drug-likeness (QED) is 0.672. The molecule has 27 heavy (non-hydrogen) atoms. The van der Waals surface area contributed by atoms with E-state index in [1.807, 2.05) is 26.0 Å². The van der Waals surface area contributed by atoms with Crippen molar-refractivity contribution in [3.05, 3.63) is 63.4 Å². The number of nitrogens with one attached hydrogen (secondary N) is 1. The van der Waals surface area contributed by atoms with Crippen LogP contribution in [0.3, 0.4) is 0 Å². The molecule has 0 aliphatic heterocycles. The summed E-state index contributed by atoms with van der Waals surface area (Å²) in [4.78, 5) is 16.8. The van der Waals surface area contributed by atoms with E-state index < -0.39 is 0 Å². The van der Waals surface area contributed by atoms with Crippen molar-refractivity contribution in [3.63, 3.8) is 0 Å². The van der Waals surface area contributed by atoms with Gasteiger partial charge in [-0.2, -0.15) is 0 Å². The average Bonchev–Trinajstić information content (AvgIpc) is 3.25. The molecule has 4 nitrogen and oxygen atoms in total. The van der Waals surface area contributed by atoms with Gasteiger partial charge in [0.15, 0.2) is 0 Å². The molecule has 4 rings (SSSR count). The van der Waals surface area contributed by atoms with Crippen LogP contribution in [0.15, 0.2) is 36.4 Å². The van der Waals surface area contributed by atoms with Crippen LogP contribution in [0.1, 0.15) is 36.2 Å². The highest BCUT2D eigenvalue weighted by molar-refractivity contribution is 6.33. The number of hydrogen-bond acceptors (Lipinski definition) is 2. The Labute approximate surface area is 168 Å². The minimum Gasteiger partial charge on any atom is -0.359 e. The first-order valence-electron chi connectivity index (χ1n) is 8.96. The minimum absolute atomic E-state index is 0.102. The molecule has 2 unspecified atom stereocenters. The summed E-state index contributed by atoms with van der Waals surface area (Å²) in [6.45, 7) is 4.62. The van der Waals surface area contributed by atoms with E-state index in [0.717, 1.165) is 28.8 Å². The lowest BCUT2D eigenvalue weighted by molar-refractivity contribution is -0.125. The smallest absolute Gasteiger partial charge is 0.226 e. The molecule has 1 aliphatic carbocycles. The molecule has 1 heterocycles. The van der Waals surface area contributed by atoms with E-state index in [4.69, 9.17) is 28.2 Å². The van der Waals surface area contributed by atoms with Crippen molar-refractivity contribution in [2.45, 2.75) is 32.7 Å². The third-order valence-electron chi connectivity index (χ3n) is 5.68. The normalized spacial score (nSPS) is 21.4. The zero-order valence-corrected chi connectivity index (χ0v) is 17.0. The lowest BCUT2D eigenvalue weighted by atomic mass is 10.00. The molecule has 3 aromatic rings. The first kappa shape index (κ1) is 18.3. The highest BCUT2D eigenvalue weighted by atomic mass is 35.5. The second-order valence-corrected chi connectivity index (χ2v) is 8.33. The van der Waals surface area contributed by atoms with Crippen LogP contribution >= 0.6 is 23.2 Å². The van der Waals surface area contributed by atoms with Gasteiger partial charge in [-0.15, -0.1) is 0 Å². The van der Waals surface area contributed by atoms with E-state index >= 15 is 0 Å². The number of rotatable bonds is 4. The van der Waals surface area contributed by atoms with E-state index in [-0.39, 0.29) is 17.2 Å². The number of imidazole rings is 1. The highest BCUT2D eigenvalue weighted by Crippen LogP contribution is 2.59. The molecule has 0 spiro atoms. The van der Waals surface area contributed by atoms with Gasteiger partial charge < -0.3 is 9.88 Å². The maximum absolute atomic E-state index is 12.1. The Hall–Kier alpha value is -2.04. The minimum atomic E-state index is -0.311. The Morgan fingerprint density at radius 1 is 1.30 bits per heavy atom. The number of halogens is 2. The van der Waals surface area contributed by atoms with E-state index in [1.54, 1.807) is 13.1 Å². The molecular weight excluding hydrogens is 381 g/mol. The van der Waals surface area contributed by atoms with E-state index in [2.05, 4.69) is 28.1 Å². The largest absolute Gasteiger partial charge is 0.359 e. The van der Waals surface area contributed by atoms with Gasteiger partial charge in [0, 0.05) is 17.1 Å². The van der Waals surface area contributed by atoms with Crippen LogP contribution in [0.25, 0.3) is 11.0 Å². The van der Waals surface area contributed by atoms with Crippen LogP contribution in [0, 0.1) is 12.3 Å². The monoisotopic (exact) mass is 401 g/mol. The fraction of sp³-hybridized carbons (Fsp3) is 0.333. The van der Waals surface area contributed by atoms with Gasteiger partial charge in [0.1, 0.15) is 5.82 Å². The number of aryl methyl sites for hydroxylation is 1. The molecule has 2 atom stereocenters. The molecule has 140 valence electrons. The second-order valence-electron chi connectivity index (χ2n) is 7.48. The Bertz CT molecular complexity index is 1060. The van der Waals surface area contributed by atoms with Crippen molar-refractivity contribution >= 4 is 40.1 Å². The van der Waals surface area contributed by atoms with Crippen LogP contribution in [0.5, 0.6) is 0 Å². The van der Waals surface area contributed by atoms with E-state index in [9.17, 15) is 4.79 Å². The number of fused-ring (bicyclic) bond motifs is 1. The molecule has 0 radical (unpaired) electrons. The number of benzene rings is 2. The zero-order chi connectivity index (χ0) is 19.3. The zero-order valence-electron chi connectivity index (χ0n) is 15.5. The van der Waals surface area contributed by atoms with Gasteiger partial charge in [0.25, 0.3) is 0 Å². The number of hydrogen-bond donors (Lipinski definition) is 1. The Morgan fingerprint density at radius 3 is 2.81 bits per heavy atom. The molecule has 1 N–H and O–H groups in total. The van der Waals surface area contributed by atoms with E-state index in [1.165, 1.54) is 5.56 Å². The third kappa shape index (κ3) is 3.11. The molecule has 1 amide bonds. The van der Waals surface area contributed by atoms with Gasteiger partial charge in [-0.3, -0.25) is 4.79 Å². The second kappa shape index (κ2) is 6.54.